The molecule has 42 heavy (non-hydrogen) atoms. The van der Waals surface area contributed by atoms with Gasteiger partial charge < -0.3 is 0 Å². The Bertz CT molecular complexity index is 1360. The Labute approximate surface area is 266 Å². The number of allylic oxidation sites excluding steroid dienone is 4. The summed E-state index contributed by atoms with van der Waals surface area (Å²) in [7, 11) is 10.5. The van der Waals surface area contributed by atoms with Gasteiger partial charge in [0.05, 0.1) is 0 Å². The van der Waals surface area contributed by atoms with Crippen molar-refractivity contribution in [3.8, 4) is 5.75 Å². The number of benzene rings is 3. The third-order valence-corrected chi connectivity index (χ3v) is 19.6. The number of hydrogen-bond acceptors (Lipinski definition) is 3. The molecule has 1 unspecified atom stereocenters. The van der Waals surface area contributed by atoms with Crippen molar-refractivity contribution in [1.29, 1.82) is 0 Å². The second kappa shape index (κ2) is 13.5. The third kappa shape index (κ3) is 7.06. The van der Waals surface area contributed by atoms with E-state index in [9.17, 15) is 0 Å². The molecular formula is C38H51N2OY. The molecule has 4 rings (SSSR count). The molecular weight excluding hydrogens is 589 g/mol. The predicted octanol–water partition coefficient (Wildman–Crippen LogP) is 8.92. The van der Waals surface area contributed by atoms with Crippen LogP contribution in [-0.4, -0.2) is 35.3 Å². The molecule has 0 aromatic heterocycles. The minimum absolute atomic E-state index is 0.0216. The van der Waals surface area contributed by atoms with Crippen LogP contribution in [-0.2, 0) is 45.7 Å². The molecule has 0 N–H and O–H groups in total. The van der Waals surface area contributed by atoms with Crippen molar-refractivity contribution in [3.63, 3.8) is 0 Å². The summed E-state index contributed by atoms with van der Waals surface area (Å²) >= 11 is -2.55. The van der Waals surface area contributed by atoms with E-state index in [0.29, 0.717) is 5.92 Å². The van der Waals surface area contributed by atoms with Gasteiger partial charge in [-0.3, -0.25) is 0 Å². The second-order valence-corrected chi connectivity index (χ2v) is 21.6. The molecule has 0 spiro atoms. The molecule has 0 heterocycles. The van der Waals surface area contributed by atoms with Gasteiger partial charge in [0.15, 0.2) is 0 Å². The zero-order valence-corrected chi connectivity index (χ0v) is 30.5. The van der Waals surface area contributed by atoms with Crippen LogP contribution in [0.5, 0.6) is 5.75 Å². The Balaban J connectivity index is 1.82. The summed E-state index contributed by atoms with van der Waals surface area (Å²) in [5.74, 6) is 1.53. The molecule has 3 aromatic rings. The van der Waals surface area contributed by atoms with Gasteiger partial charge in [-0.05, 0) is 0 Å². The maximum absolute atomic E-state index is 6.16. The van der Waals surface area contributed by atoms with Gasteiger partial charge in [0, 0.05) is 0 Å². The molecule has 3 aromatic carbocycles. The maximum atomic E-state index is 6.16. The number of anilines is 2. The van der Waals surface area contributed by atoms with Crippen molar-refractivity contribution in [2.75, 3.05) is 45.1 Å². The molecule has 4 heteroatoms. The van der Waals surface area contributed by atoms with E-state index in [0.717, 1.165) is 12.2 Å². The van der Waals surface area contributed by atoms with Crippen LogP contribution in [0.3, 0.4) is 0 Å². The van der Waals surface area contributed by atoms with E-state index in [2.05, 4.69) is 158 Å². The van der Waals surface area contributed by atoms with Gasteiger partial charge in [-0.2, -0.15) is 0 Å². The van der Waals surface area contributed by atoms with E-state index in [1.165, 1.54) is 45.7 Å². The standard InChI is InChI=1S/C20H27O.2C9H12N.Y/c1-14-11-17(13-15(2)16-9-7-8-10-16)19(21-6)18(12-14)20(3,4)5;2*1-8-6-4-5-7-9(8)10(2)3;/h7-12,15H,13H2,1-6H3;2*4-7H,1H2,2-3H3;. The number of methoxy groups -OCH3 is 1. The number of nitrogens with zero attached hydrogens (tertiary/aromatic N) is 2. The number of hydrogen-bond donors (Lipinski definition) is 0. The van der Waals surface area contributed by atoms with E-state index in [1.807, 2.05) is 7.11 Å². The van der Waals surface area contributed by atoms with Crippen LogP contribution in [0.1, 0.15) is 55.5 Å². The zero-order chi connectivity index (χ0) is 30.7. The van der Waals surface area contributed by atoms with Crippen LogP contribution in [0.4, 0.5) is 11.4 Å². The van der Waals surface area contributed by atoms with Crippen molar-refractivity contribution >= 4 is 11.4 Å². The van der Waals surface area contributed by atoms with E-state index < -0.39 is 27.4 Å². The van der Waals surface area contributed by atoms with E-state index in [-0.39, 0.29) is 7.64 Å². The molecule has 0 saturated heterocycles. The average molecular weight is 641 g/mol. The van der Waals surface area contributed by atoms with Gasteiger partial charge in [0.2, 0.25) is 0 Å². The summed E-state index contributed by atoms with van der Waals surface area (Å²) in [6.45, 7) is 11.6. The van der Waals surface area contributed by atoms with Gasteiger partial charge in [-0.25, -0.2) is 0 Å². The van der Waals surface area contributed by atoms with Crippen molar-refractivity contribution in [2.24, 2.45) is 5.92 Å². The molecule has 1 atom stereocenters. The molecule has 3 nitrogen and oxygen atoms in total. The van der Waals surface area contributed by atoms with Gasteiger partial charge in [-0.15, -0.1) is 0 Å². The third-order valence-electron chi connectivity index (χ3n) is 9.17. The van der Waals surface area contributed by atoms with Crippen LogP contribution < -0.4 is 14.5 Å². The Hall–Kier alpha value is -2.36. The van der Waals surface area contributed by atoms with Crippen molar-refractivity contribution < 1.29 is 32.2 Å². The Morgan fingerprint density at radius 2 is 1.29 bits per heavy atom. The van der Waals surface area contributed by atoms with E-state index in [1.54, 1.807) is 0 Å². The first-order valence-electron chi connectivity index (χ1n) is 15.4. The van der Waals surface area contributed by atoms with Crippen molar-refractivity contribution in [2.45, 2.75) is 55.1 Å². The minimum atomic E-state index is -2.55. The Morgan fingerprint density at radius 1 is 0.786 bits per heavy atom. The van der Waals surface area contributed by atoms with Crippen LogP contribution in [0.25, 0.3) is 0 Å². The Morgan fingerprint density at radius 3 is 1.74 bits per heavy atom. The summed E-state index contributed by atoms with van der Waals surface area (Å²) in [4.78, 5) is 4.57. The molecule has 1 aliphatic rings. The Kier molecular flexibility index (Phi) is 10.5. The molecule has 0 amide bonds. The van der Waals surface area contributed by atoms with Gasteiger partial charge in [0.1, 0.15) is 0 Å². The van der Waals surface area contributed by atoms with Crippen LogP contribution in [0.15, 0.2) is 85.0 Å². The first-order valence-corrected chi connectivity index (χ1v) is 20.9. The summed E-state index contributed by atoms with van der Waals surface area (Å²) in [6, 6.07) is 22.8. The molecule has 0 saturated carbocycles. The zero-order valence-electron chi connectivity index (χ0n) is 27.7. The summed E-state index contributed by atoms with van der Waals surface area (Å²) in [5.41, 5.74) is 9.67. The first-order chi connectivity index (χ1) is 19.9. The van der Waals surface area contributed by atoms with Gasteiger partial charge in [0.25, 0.3) is 0 Å². The second-order valence-electron chi connectivity index (χ2n) is 13.7. The average Bonchev–Trinajstić information content (AvgIpc) is 3.44. The summed E-state index contributed by atoms with van der Waals surface area (Å²) in [5, 5.41) is 0. The molecule has 0 fully saturated rings. The number of ether oxygens (including phenoxy) is 1. The van der Waals surface area contributed by atoms with Crippen LogP contribution >= 0.6 is 0 Å². The molecule has 1 aliphatic carbocycles. The molecule has 0 aliphatic heterocycles. The monoisotopic (exact) mass is 640 g/mol. The molecule has 0 radical (unpaired) electrons. The fourth-order valence-corrected chi connectivity index (χ4v) is 17.6. The van der Waals surface area contributed by atoms with Crippen molar-refractivity contribution in [1.82, 2.24) is 0 Å². The van der Waals surface area contributed by atoms with Crippen molar-refractivity contribution in [3.05, 3.63) is 113 Å². The number of para-hydroxylation sites is 2. The first kappa shape index (κ1) is 32.6. The number of rotatable bonds is 11. The topological polar surface area (TPSA) is 15.7 Å². The quantitative estimate of drug-likeness (QED) is 0.208. The van der Waals surface area contributed by atoms with Gasteiger partial charge in [-0.1, -0.05) is 0 Å². The molecule has 0 bridgehead atoms. The SMILES string of the molecule is COc1c(CC(C)[C]2([Y]([CH2]c3ccccc3N(C)C)[CH2]c3ccccc3N(C)C)C=CC=C2)cc(C)cc1C(C)(C)C. The van der Waals surface area contributed by atoms with Gasteiger partial charge >= 0.3 is 268 Å². The van der Waals surface area contributed by atoms with Crippen LogP contribution in [0, 0.1) is 12.8 Å². The normalized spacial score (nSPS) is 14.6. The summed E-state index contributed by atoms with van der Waals surface area (Å²) < 4.78 is 8.68. The molecule has 222 valence electrons. The number of aryl methyl sites for hydroxylation is 1. The van der Waals surface area contributed by atoms with Crippen LogP contribution in [0.2, 0.25) is 2.23 Å². The fourth-order valence-electron chi connectivity index (χ4n) is 7.00. The summed E-state index contributed by atoms with van der Waals surface area (Å²) in [6.07, 6.45) is 10.8. The fraction of sp³-hybridized carbons (Fsp3) is 0.421. The predicted molar refractivity (Wildman–Crippen MR) is 179 cm³/mol. The van der Waals surface area contributed by atoms with E-state index >= 15 is 0 Å². The van der Waals surface area contributed by atoms with E-state index in [4.69, 9.17) is 4.74 Å².